The van der Waals surface area contributed by atoms with Crippen LogP contribution in [0.25, 0.3) is 0 Å². The Morgan fingerprint density at radius 3 is 2.05 bits per heavy atom. The van der Waals surface area contributed by atoms with Crippen LogP contribution in [0.15, 0.2) is 48.5 Å². The maximum atomic E-state index is 6.08. The first-order valence-corrected chi connectivity index (χ1v) is 7.62. The lowest BCUT2D eigenvalue weighted by Gasteiger charge is -2.23. The summed E-state index contributed by atoms with van der Waals surface area (Å²) >= 11 is 12.1. The van der Waals surface area contributed by atoms with Crippen molar-refractivity contribution in [2.24, 2.45) is 0 Å². The van der Waals surface area contributed by atoms with Gasteiger partial charge in [0.2, 0.25) is 0 Å². The van der Waals surface area contributed by atoms with Crippen molar-refractivity contribution in [1.82, 2.24) is 5.32 Å². The lowest BCUT2D eigenvalue weighted by Crippen LogP contribution is -2.24. The molecule has 1 unspecified atom stereocenters. The van der Waals surface area contributed by atoms with Crippen molar-refractivity contribution in [3.63, 3.8) is 0 Å². The summed E-state index contributed by atoms with van der Waals surface area (Å²) in [4.78, 5) is 0. The molecule has 0 aliphatic rings. The molecule has 0 aliphatic heterocycles. The van der Waals surface area contributed by atoms with Gasteiger partial charge in [-0.2, -0.15) is 0 Å². The molecule has 2 rings (SSSR count). The molecular formula is C17H19Cl2N. The van der Waals surface area contributed by atoms with Gasteiger partial charge in [0.15, 0.2) is 0 Å². The second-order valence-corrected chi connectivity index (χ2v) is 5.83. The Morgan fingerprint density at radius 2 is 1.50 bits per heavy atom. The van der Waals surface area contributed by atoms with E-state index in [1.54, 1.807) is 0 Å². The molecule has 3 heteroatoms. The Kier molecular flexibility index (Phi) is 5.47. The highest BCUT2D eigenvalue weighted by molar-refractivity contribution is 6.30. The smallest absolute Gasteiger partial charge is 0.0409 e. The van der Waals surface area contributed by atoms with Crippen LogP contribution in [0.4, 0.5) is 0 Å². The fraction of sp³-hybridized carbons (Fsp3) is 0.294. The molecular weight excluding hydrogens is 289 g/mol. The molecule has 0 aliphatic carbocycles. The summed E-state index contributed by atoms with van der Waals surface area (Å²) in [6.07, 6.45) is 1.01. The van der Waals surface area contributed by atoms with Crippen LogP contribution in [0.1, 0.15) is 43.5 Å². The number of hydrogen-bond acceptors (Lipinski definition) is 1. The molecule has 1 N–H and O–H groups in total. The van der Waals surface area contributed by atoms with Gasteiger partial charge >= 0.3 is 0 Å². The molecule has 2 atom stereocenters. The summed E-state index contributed by atoms with van der Waals surface area (Å²) < 4.78 is 0. The highest BCUT2D eigenvalue weighted by atomic mass is 35.5. The molecule has 0 spiro atoms. The van der Waals surface area contributed by atoms with Gasteiger partial charge < -0.3 is 5.32 Å². The summed E-state index contributed by atoms with van der Waals surface area (Å²) in [5.41, 5.74) is 2.41. The maximum absolute atomic E-state index is 6.08. The van der Waals surface area contributed by atoms with Crippen molar-refractivity contribution in [3.05, 3.63) is 69.7 Å². The predicted molar refractivity (Wildman–Crippen MR) is 87.5 cm³/mol. The normalized spacial score (nSPS) is 14.0. The van der Waals surface area contributed by atoms with Crippen LogP contribution in [-0.4, -0.2) is 0 Å². The average Bonchev–Trinajstić information content (AvgIpc) is 2.44. The molecule has 0 aromatic heterocycles. The Balaban J connectivity index is 2.14. The first-order valence-electron chi connectivity index (χ1n) is 6.87. The van der Waals surface area contributed by atoms with Gasteiger partial charge in [0.05, 0.1) is 0 Å². The zero-order valence-corrected chi connectivity index (χ0v) is 13.2. The van der Waals surface area contributed by atoms with E-state index in [1.807, 2.05) is 36.4 Å². The monoisotopic (exact) mass is 307 g/mol. The van der Waals surface area contributed by atoms with Gasteiger partial charge in [0.25, 0.3) is 0 Å². The number of rotatable bonds is 5. The SMILES string of the molecule is CCC(N[C@@H](C)c1cccc(Cl)c1)c1cccc(Cl)c1. The summed E-state index contributed by atoms with van der Waals surface area (Å²) in [5, 5.41) is 5.18. The second-order valence-electron chi connectivity index (χ2n) is 4.96. The minimum absolute atomic E-state index is 0.234. The summed E-state index contributed by atoms with van der Waals surface area (Å²) in [7, 11) is 0. The lowest BCUT2D eigenvalue weighted by atomic mass is 10.0. The van der Waals surface area contributed by atoms with Crippen LogP contribution >= 0.6 is 23.2 Å². The van der Waals surface area contributed by atoms with Crippen LogP contribution in [0, 0.1) is 0 Å². The molecule has 0 saturated carbocycles. The molecule has 0 radical (unpaired) electrons. The van der Waals surface area contributed by atoms with Crippen molar-refractivity contribution in [3.8, 4) is 0 Å². The third-order valence-corrected chi connectivity index (χ3v) is 3.93. The Morgan fingerprint density at radius 1 is 0.950 bits per heavy atom. The van der Waals surface area contributed by atoms with E-state index in [-0.39, 0.29) is 12.1 Å². The van der Waals surface area contributed by atoms with E-state index in [0.29, 0.717) is 0 Å². The summed E-state index contributed by atoms with van der Waals surface area (Å²) in [6.45, 7) is 4.32. The quantitative estimate of drug-likeness (QED) is 0.736. The molecule has 0 fully saturated rings. The van der Waals surface area contributed by atoms with Crippen LogP contribution in [0.5, 0.6) is 0 Å². The topological polar surface area (TPSA) is 12.0 Å². The number of halogens is 2. The fourth-order valence-electron chi connectivity index (χ4n) is 2.35. The Labute approximate surface area is 130 Å². The molecule has 20 heavy (non-hydrogen) atoms. The Hall–Kier alpha value is -1.02. The third-order valence-electron chi connectivity index (χ3n) is 3.46. The van der Waals surface area contributed by atoms with Gasteiger partial charge in [-0.25, -0.2) is 0 Å². The third kappa shape index (κ3) is 3.99. The number of nitrogens with one attached hydrogen (secondary N) is 1. The first-order chi connectivity index (χ1) is 9.60. The molecule has 0 amide bonds. The van der Waals surface area contributed by atoms with Gasteiger partial charge in [-0.1, -0.05) is 54.4 Å². The Bertz CT molecular complexity index is 568. The molecule has 2 aromatic carbocycles. The van der Waals surface area contributed by atoms with E-state index in [9.17, 15) is 0 Å². The molecule has 0 bridgehead atoms. The van der Waals surface area contributed by atoms with E-state index >= 15 is 0 Å². The average molecular weight is 308 g/mol. The fourth-order valence-corrected chi connectivity index (χ4v) is 2.74. The minimum atomic E-state index is 0.234. The summed E-state index contributed by atoms with van der Waals surface area (Å²) in [5.74, 6) is 0. The van der Waals surface area contributed by atoms with Gasteiger partial charge in [-0.3, -0.25) is 0 Å². The van der Waals surface area contributed by atoms with Crippen molar-refractivity contribution in [2.45, 2.75) is 32.4 Å². The van der Waals surface area contributed by atoms with Gasteiger partial charge in [0, 0.05) is 22.1 Å². The van der Waals surface area contributed by atoms with Crippen LogP contribution in [-0.2, 0) is 0 Å². The second kappa shape index (κ2) is 7.12. The largest absolute Gasteiger partial charge is 0.303 e. The van der Waals surface area contributed by atoms with E-state index in [1.165, 1.54) is 11.1 Å². The van der Waals surface area contributed by atoms with E-state index < -0.39 is 0 Å². The number of hydrogen-bond donors (Lipinski definition) is 1. The molecule has 0 saturated heterocycles. The maximum Gasteiger partial charge on any atom is 0.0409 e. The van der Waals surface area contributed by atoms with Crippen molar-refractivity contribution in [2.75, 3.05) is 0 Å². The van der Waals surface area contributed by atoms with Crippen molar-refractivity contribution in [1.29, 1.82) is 0 Å². The number of benzene rings is 2. The van der Waals surface area contributed by atoms with Gasteiger partial charge in [0.1, 0.15) is 0 Å². The molecule has 2 aromatic rings. The van der Waals surface area contributed by atoms with E-state index in [0.717, 1.165) is 16.5 Å². The molecule has 1 nitrogen and oxygen atoms in total. The van der Waals surface area contributed by atoms with Crippen molar-refractivity contribution >= 4 is 23.2 Å². The van der Waals surface area contributed by atoms with Crippen LogP contribution < -0.4 is 5.32 Å². The highest BCUT2D eigenvalue weighted by Gasteiger charge is 2.14. The molecule has 0 heterocycles. The zero-order chi connectivity index (χ0) is 14.5. The predicted octanol–water partition coefficient (Wildman–Crippen LogP) is 5.80. The first kappa shape index (κ1) is 15.4. The molecule has 106 valence electrons. The highest BCUT2D eigenvalue weighted by Crippen LogP contribution is 2.25. The zero-order valence-electron chi connectivity index (χ0n) is 11.7. The van der Waals surface area contributed by atoms with Gasteiger partial charge in [-0.15, -0.1) is 0 Å². The summed E-state index contributed by atoms with van der Waals surface area (Å²) in [6, 6.07) is 16.5. The van der Waals surface area contributed by atoms with Crippen LogP contribution in [0.2, 0.25) is 10.0 Å². The minimum Gasteiger partial charge on any atom is -0.303 e. The van der Waals surface area contributed by atoms with Crippen LogP contribution in [0.3, 0.4) is 0 Å². The van der Waals surface area contributed by atoms with E-state index in [4.69, 9.17) is 23.2 Å². The standard InChI is InChI=1S/C17H19Cl2N/c1-3-17(14-7-5-9-16(19)11-14)20-12(2)13-6-4-8-15(18)10-13/h4-12,17,20H,3H2,1-2H3/t12-,17?/m0/s1. The van der Waals surface area contributed by atoms with Crippen molar-refractivity contribution < 1.29 is 0 Å². The lowest BCUT2D eigenvalue weighted by molar-refractivity contribution is 0.456. The van der Waals surface area contributed by atoms with E-state index in [2.05, 4.69) is 31.3 Å². The van der Waals surface area contributed by atoms with Gasteiger partial charge in [-0.05, 0) is 48.7 Å².